The Morgan fingerprint density at radius 1 is 1.13 bits per heavy atom. The number of anilines is 3. The Morgan fingerprint density at radius 3 is 2.57 bits per heavy atom. The van der Waals surface area contributed by atoms with Crippen molar-refractivity contribution >= 4 is 43.9 Å². The third-order valence-electron chi connectivity index (χ3n) is 3.35. The highest BCUT2D eigenvalue weighted by molar-refractivity contribution is 9.10. The number of fused-ring (bicyclic) bond motifs is 1. The van der Waals surface area contributed by atoms with Gasteiger partial charge in [-0.25, -0.2) is 0 Å². The normalized spacial score (nSPS) is 11.0. The van der Waals surface area contributed by atoms with Crippen LogP contribution in [-0.4, -0.2) is 11.1 Å². The molecule has 0 fully saturated rings. The molecule has 0 amide bonds. The fraction of sp³-hybridized carbons (Fsp3) is 0.167. The van der Waals surface area contributed by atoms with Crippen LogP contribution in [0.15, 0.2) is 53.1 Å². The van der Waals surface area contributed by atoms with Crippen molar-refractivity contribution in [2.24, 2.45) is 0 Å². The Kier molecular flexibility index (Phi) is 4.39. The molecule has 0 unspecified atom stereocenters. The van der Waals surface area contributed by atoms with Gasteiger partial charge in [0.1, 0.15) is 5.75 Å². The summed E-state index contributed by atoms with van der Waals surface area (Å²) in [4.78, 5) is 4.37. The van der Waals surface area contributed by atoms with Crippen LogP contribution in [0.4, 0.5) is 17.1 Å². The summed E-state index contributed by atoms with van der Waals surface area (Å²) in [5.41, 5.74) is 9.42. The SMILES string of the molecule is CC(C)Oc1ccc(Nc2c(N)cnc3ccc(Br)cc23)cc1. The second kappa shape index (κ2) is 6.46. The highest BCUT2D eigenvalue weighted by atomic mass is 79.9. The lowest BCUT2D eigenvalue weighted by atomic mass is 10.1. The standard InChI is InChI=1S/C18H18BrN3O/c1-11(2)23-14-6-4-13(5-7-14)22-18-15-9-12(19)3-8-17(15)21-10-16(18)20/h3-11H,20H2,1-2H3,(H,21,22). The van der Waals surface area contributed by atoms with Gasteiger partial charge < -0.3 is 15.8 Å². The summed E-state index contributed by atoms with van der Waals surface area (Å²) in [6, 6.07) is 13.8. The predicted molar refractivity (Wildman–Crippen MR) is 99.3 cm³/mol. The lowest BCUT2D eigenvalue weighted by Crippen LogP contribution is -2.05. The summed E-state index contributed by atoms with van der Waals surface area (Å²) >= 11 is 3.50. The van der Waals surface area contributed by atoms with Crippen LogP contribution >= 0.6 is 15.9 Å². The molecule has 0 aliphatic carbocycles. The number of rotatable bonds is 4. The number of hydrogen-bond donors (Lipinski definition) is 2. The van der Waals surface area contributed by atoms with Crippen molar-refractivity contribution in [1.29, 1.82) is 0 Å². The van der Waals surface area contributed by atoms with Gasteiger partial charge in [-0.05, 0) is 56.3 Å². The molecule has 0 aliphatic heterocycles. The number of nitrogens with two attached hydrogens (primary N) is 1. The second-order valence-electron chi connectivity index (χ2n) is 5.57. The number of pyridine rings is 1. The van der Waals surface area contributed by atoms with E-state index in [-0.39, 0.29) is 6.10 Å². The third-order valence-corrected chi connectivity index (χ3v) is 3.85. The van der Waals surface area contributed by atoms with Gasteiger partial charge in [-0.2, -0.15) is 0 Å². The summed E-state index contributed by atoms with van der Waals surface area (Å²) in [6.07, 6.45) is 1.83. The Bertz CT molecular complexity index is 826. The van der Waals surface area contributed by atoms with Crippen LogP contribution in [-0.2, 0) is 0 Å². The fourth-order valence-corrected chi connectivity index (χ4v) is 2.71. The summed E-state index contributed by atoms with van der Waals surface area (Å²) in [5.74, 6) is 0.848. The first-order valence-electron chi connectivity index (χ1n) is 7.40. The molecule has 0 bridgehead atoms. The van der Waals surface area contributed by atoms with Gasteiger partial charge in [0.2, 0.25) is 0 Å². The highest BCUT2D eigenvalue weighted by Crippen LogP contribution is 2.32. The van der Waals surface area contributed by atoms with Crippen molar-refractivity contribution < 1.29 is 4.74 Å². The van der Waals surface area contributed by atoms with Crippen molar-refractivity contribution in [3.63, 3.8) is 0 Å². The van der Waals surface area contributed by atoms with Crippen LogP contribution < -0.4 is 15.8 Å². The summed E-state index contributed by atoms with van der Waals surface area (Å²) in [5, 5.41) is 4.36. The minimum atomic E-state index is 0.158. The average molecular weight is 372 g/mol. The van der Waals surface area contributed by atoms with Gasteiger partial charge >= 0.3 is 0 Å². The van der Waals surface area contributed by atoms with E-state index in [2.05, 4.69) is 26.2 Å². The molecule has 0 saturated carbocycles. The molecule has 23 heavy (non-hydrogen) atoms. The van der Waals surface area contributed by atoms with E-state index in [4.69, 9.17) is 10.5 Å². The number of ether oxygens (including phenoxy) is 1. The predicted octanol–water partition coefficient (Wildman–Crippen LogP) is 5.11. The topological polar surface area (TPSA) is 60.2 Å². The molecule has 0 radical (unpaired) electrons. The van der Waals surface area contributed by atoms with Crippen LogP contribution in [0.5, 0.6) is 5.75 Å². The van der Waals surface area contributed by atoms with E-state index < -0.39 is 0 Å². The van der Waals surface area contributed by atoms with Crippen LogP contribution in [0.25, 0.3) is 10.9 Å². The maximum absolute atomic E-state index is 6.12. The Morgan fingerprint density at radius 2 is 1.87 bits per heavy atom. The molecule has 0 aliphatic rings. The molecule has 3 aromatic rings. The number of hydrogen-bond acceptors (Lipinski definition) is 4. The van der Waals surface area contributed by atoms with E-state index in [1.165, 1.54) is 0 Å². The molecular formula is C18H18BrN3O. The zero-order valence-electron chi connectivity index (χ0n) is 13.0. The lowest BCUT2D eigenvalue weighted by molar-refractivity contribution is 0.242. The minimum absolute atomic E-state index is 0.158. The number of halogens is 1. The molecule has 1 heterocycles. The van der Waals surface area contributed by atoms with Crippen LogP contribution in [0.3, 0.4) is 0 Å². The fourth-order valence-electron chi connectivity index (χ4n) is 2.35. The Labute approximate surface area is 143 Å². The van der Waals surface area contributed by atoms with E-state index in [1.54, 1.807) is 6.20 Å². The van der Waals surface area contributed by atoms with Gasteiger partial charge in [-0.3, -0.25) is 4.98 Å². The van der Waals surface area contributed by atoms with Gasteiger partial charge in [-0.1, -0.05) is 15.9 Å². The average Bonchev–Trinajstić information content (AvgIpc) is 2.51. The smallest absolute Gasteiger partial charge is 0.119 e. The molecule has 2 aromatic carbocycles. The van der Waals surface area contributed by atoms with Gasteiger partial charge in [0.25, 0.3) is 0 Å². The van der Waals surface area contributed by atoms with Gasteiger partial charge in [0.15, 0.2) is 0 Å². The van der Waals surface area contributed by atoms with E-state index >= 15 is 0 Å². The largest absolute Gasteiger partial charge is 0.491 e. The van der Waals surface area contributed by atoms with Crippen molar-refractivity contribution in [1.82, 2.24) is 4.98 Å². The third kappa shape index (κ3) is 3.56. The first-order chi connectivity index (χ1) is 11.0. The number of benzene rings is 2. The molecule has 118 valence electrons. The van der Waals surface area contributed by atoms with Crippen LogP contribution in [0.1, 0.15) is 13.8 Å². The monoisotopic (exact) mass is 371 g/mol. The van der Waals surface area contributed by atoms with Crippen LogP contribution in [0.2, 0.25) is 0 Å². The first kappa shape index (κ1) is 15.6. The molecule has 5 heteroatoms. The number of nitrogens with one attached hydrogen (secondary N) is 1. The molecule has 0 atom stereocenters. The zero-order chi connectivity index (χ0) is 16.4. The number of aromatic nitrogens is 1. The van der Waals surface area contributed by atoms with Gasteiger partial charge in [-0.15, -0.1) is 0 Å². The lowest BCUT2D eigenvalue weighted by Gasteiger charge is -2.14. The van der Waals surface area contributed by atoms with E-state index in [0.717, 1.165) is 32.5 Å². The quantitative estimate of drug-likeness (QED) is 0.668. The number of nitrogen functional groups attached to an aromatic ring is 1. The maximum Gasteiger partial charge on any atom is 0.119 e. The van der Waals surface area contributed by atoms with Gasteiger partial charge in [0, 0.05) is 15.5 Å². The summed E-state index contributed by atoms with van der Waals surface area (Å²) in [7, 11) is 0. The molecule has 1 aromatic heterocycles. The molecule has 3 rings (SSSR count). The Balaban J connectivity index is 1.94. The zero-order valence-corrected chi connectivity index (χ0v) is 14.6. The number of nitrogens with zero attached hydrogens (tertiary/aromatic N) is 1. The second-order valence-corrected chi connectivity index (χ2v) is 6.48. The van der Waals surface area contributed by atoms with Crippen LogP contribution in [0, 0.1) is 0 Å². The molecule has 0 spiro atoms. The highest BCUT2D eigenvalue weighted by Gasteiger charge is 2.08. The van der Waals surface area contributed by atoms with E-state index in [1.807, 2.05) is 56.3 Å². The van der Waals surface area contributed by atoms with Crippen molar-refractivity contribution in [2.45, 2.75) is 20.0 Å². The van der Waals surface area contributed by atoms with Crippen molar-refractivity contribution in [2.75, 3.05) is 11.1 Å². The van der Waals surface area contributed by atoms with Crippen molar-refractivity contribution in [3.8, 4) is 5.75 Å². The van der Waals surface area contributed by atoms with Crippen molar-refractivity contribution in [3.05, 3.63) is 53.1 Å². The Hall–Kier alpha value is -2.27. The summed E-state index contributed by atoms with van der Waals surface area (Å²) in [6.45, 7) is 4.02. The summed E-state index contributed by atoms with van der Waals surface area (Å²) < 4.78 is 6.65. The molecular weight excluding hydrogens is 354 g/mol. The first-order valence-corrected chi connectivity index (χ1v) is 8.20. The van der Waals surface area contributed by atoms with E-state index in [0.29, 0.717) is 5.69 Å². The van der Waals surface area contributed by atoms with E-state index in [9.17, 15) is 0 Å². The molecule has 0 saturated heterocycles. The maximum atomic E-state index is 6.12. The van der Waals surface area contributed by atoms with Gasteiger partial charge in [0.05, 0.1) is 29.2 Å². The minimum Gasteiger partial charge on any atom is -0.491 e. The molecule has 3 N–H and O–H groups in total. The molecule has 4 nitrogen and oxygen atoms in total.